The highest BCUT2D eigenvalue weighted by molar-refractivity contribution is 7.80. The Morgan fingerprint density at radius 1 is 1.25 bits per heavy atom. The van der Waals surface area contributed by atoms with Crippen molar-refractivity contribution in [2.75, 3.05) is 13.6 Å². The first kappa shape index (κ1) is 14.0. The van der Waals surface area contributed by atoms with Crippen LogP contribution in [0, 0.1) is 17.8 Å². The van der Waals surface area contributed by atoms with Crippen LogP contribution in [0.1, 0.15) is 31.2 Å². The van der Waals surface area contributed by atoms with Crippen LogP contribution in [-0.4, -0.2) is 24.4 Å². The first-order valence-electron chi connectivity index (χ1n) is 7.63. The van der Waals surface area contributed by atoms with Gasteiger partial charge in [0.05, 0.1) is 6.42 Å². The molecule has 3 atom stereocenters. The van der Waals surface area contributed by atoms with Crippen LogP contribution in [0.2, 0.25) is 0 Å². The Bertz CT molecular complexity index is 484. The van der Waals surface area contributed by atoms with Gasteiger partial charge in [-0.05, 0) is 54.7 Å². The van der Waals surface area contributed by atoms with E-state index in [4.69, 9.17) is 0 Å². The molecule has 1 aromatic carbocycles. The molecule has 2 bridgehead atoms. The second-order valence-electron chi connectivity index (χ2n) is 6.55. The topological polar surface area (TPSA) is 20.3 Å². The van der Waals surface area contributed by atoms with Gasteiger partial charge in [0.2, 0.25) is 5.91 Å². The quantitative estimate of drug-likeness (QED) is 0.842. The number of amides is 1. The first-order chi connectivity index (χ1) is 9.61. The lowest BCUT2D eigenvalue weighted by Crippen LogP contribution is -2.34. The summed E-state index contributed by atoms with van der Waals surface area (Å²) < 4.78 is 0. The number of hydrogen-bond acceptors (Lipinski definition) is 2. The molecule has 3 heteroatoms. The Kier molecular flexibility index (Phi) is 4.06. The number of thiol groups is 1. The van der Waals surface area contributed by atoms with E-state index in [1.165, 1.54) is 25.7 Å². The van der Waals surface area contributed by atoms with Crippen LogP contribution in [0.5, 0.6) is 0 Å². The van der Waals surface area contributed by atoms with E-state index in [1.807, 2.05) is 36.2 Å². The smallest absolute Gasteiger partial charge is 0.226 e. The summed E-state index contributed by atoms with van der Waals surface area (Å²) in [4.78, 5) is 15.2. The molecule has 0 spiro atoms. The fraction of sp³-hybridized carbons (Fsp3) is 0.588. The van der Waals surface area contributed by atoms with Crippen molar-refractivity contribution in [3.8, 4) is 0 Å². The van der Waals surface area contributed by atoms with Crippen LogP contribution in [0.4, 0.5) is 0 Å². The van der Waals surface area contributed by atoms with E-state index in [0.29, 0.717) is 6.42 Å². The lowest BCUT2D eigenvalue weighted by atomic mass is 9.88. The summed E-state index contributed by atoms with van der Waals surface area (Å²) in [6.07, 6.45) is 6.08. The highest BCUT2D eigenvalue weighted by Crippen LogP contribution is 2.48. The molecule has 3 unspecified atom stereocenters. The minimum absolute atomic E-state index is 0.236. The number of carbonyl (C=O) groups is 1. The van der Waals surface area contributed by atoms with Crippen molar-refractivity contribution in [1.29, 1.82) is 0 Å². The SMILES string of the molecule is CN(CC1CC2CCC1C2)C(=O)Cc1ccc(S)cc1. The van der Waals surface area contributed by atoms with E-state index in [-0.39, 0.29) is 5.91 Å². The summed E-state index contributed by atoms with van der Waals surface area (Å²) in [7, 11) is 1.96. The molecule has 0 aromatic heterocycles. The zero-order chi connectivity index (χ0) is 14.1. The minimum Gasteiger partial charge on any atom is -0.345 e. The van der Waals surface area contributed by atoms with Crippen molar-refractivity contribution in [3.05, 3.63) is 29.8 Å². The molecular formula is C17H23NOS. The molecule has 0 radical (unpaired) electrons. The molecule has 3 rings (SSSR count). The fourth-order valence-electron chi connectivity index (χ4n) is 3.98. The largest absolute Gasteiger partial charge is 0.345 e. The summed E-state index contributed by atoms with van der Waals surface area (Å²) in [5.41, 5.74) is 1.08. The Labute approximate surface area is 127 Å². The maximum absolute atomic E-state index is 12.3. The summed E-state index contributed by atoms with van der Waals surface area (Å²) >= 11 is 4.27. The van der Waals surface area contributed by atoms with Crippen molar-refractivity contribution >= 4 is 18.5 Å². The van der Waals surface area contributed by atoms with Crippen molar-refractivity contribution in [3.63, 3.8) is 0 Å². The normalized spacial score (nSPS) is 27.8. The lowest BCUT2D eigenvalue weighted by molar-refractivity contribution is -0.129. The Balaban J connectivity index is 1.53. The number of fused-ring (bicyclic) bond motifs is 2. The van der Waals surface area contributed by atoms with Crippen LogP contribution < -0.4 is 0 Å². The molecule has 0 aliphatic heterocycles. The maximum atomic E-state index is 12.3. The Morgan fingerprint density at radius 2 is 2.00 bits per heavy atom. The van der Waals surface area contributed by atoms with Crippen LogP contribution in [0.25, 0.3) is 0 Å². The number of carbonyl (C=O) groups excluding carboxylic acids is 1. The molecular weight excluding hydrogens is 266 g/mol. The number of benzene rings is 1. The average Bonchev–Trinajstić information content (AvgIpc) is 3.03. The molecule has 2 aliphatic carbocycles. The van der Waals surface area contributed by atoms with Crippen LogP contribution >= 0.6 is 12.6 Å². The van der Waals surface area contributed by atoms with Gasteiger partial charge in [-0.15, -0.1) is 12.6 Å². The van der Waals surface area contributed by atoms with Crippen molar-refractivity contribution < 1.29 is 4.79 Å². The van der Waals surface area contributed by atoms with Crippen molar-refractivity contribution in [1.82, 2.24) is 4.90 Å². The molecule has 2 saturated carbocycles. The van der Waals surface area contributed by atoms with Gasteiger partial charge in [-0.25, -0.2) is 0 Å². The molecule has 0 heterocycles. The molecule has 2 nitrogen and oxygen atoms in total. The summed E-state index contributed by atoms with van der Waals surface area (Å²) in [6.45, 7) is 0.949. The fourth-order valence-corrected chi connectivity index (χ4v) is 4.13. The predicted molar refractivity (Wildman–Crippen MR) is 84.0 cm³/mol. The highest BCUT2D eigenvalue weighted by atomic mass is 32.1. The van der Waals surface area contributed by atoms with Gasteiger partial charge in [-0.3, -0.25) is 4.79 Å². The van der Waals surface area contributed by atoms with Gasteiger partial charge in [-0.1, -0.05) is 18.6 Å². The van der Waals surface area contributed by atoms with Crippen molar-refractivity contribution in [2.24, 2.45) is 17.8 Å². The molecule has 1 aromatic rings. The third-order valence-electron chi connectivity index (χ3n) is 5.11. The average molecular weight is 289 g/mol. The van der Waals surface area contributed by atoms with Gasteiger partial charge < -0.3 is 4.90 Å². The summed E-state index contributed by atoms with van der Waals surface area (Å²) in [6, 6.07) is 7.88. The van der Waals surface area contributed by atoms with Crippen LogP contribution in [0.3, 0.4) is 0 Å². The van der Waals surface area contributed by atoms with Gasteiger partial charge in [0, 0.05) is 18.5 Å². The highest BCUT2D eigenvalue weighted by Gasteiger charge is 2.39. The number of hydrogen-bond donors (Lipinski definition) is 1. The van der Waals surface area contributed by atoms with E-state index in [2.05, 4.69) is 12.6 Å². The predicted octanol–water partition coefficient (Wildman–Crippen LogP) is 3.41. The van der Waals surface area contributed by atoms with E-state index in [9.17, 15) is 4.79 Å². The van der Waals surface area contributed by atoms with Gasteiger partial charge in [0.25, 0.3) is 0 Å². The molecule has 0 N–H and O–H groups in total. The second kappa shape index (κ2) is 5.80. The summed E-state index contributed by atoms with van der Waals surface area (Å²) in [5.74, 6) is 2.83. The van der Waals surface area contributed by atoms with Crippen LogP contribution in [-0.2, 0) is 11.2 Å². The second-order valence-corrected chi connectivity index (χ2v) is 7.07. The van der Waals surface area contributed by atoms with Crippen LogP contribution in [0.15, 0.2) is 29.2 Å². The molecule has 2 aliphatic rings. The molecule has 1 amide bonds. The number of nitrogens with zero attached hydrogens (tertiary/aromatic N) is 1. The van der Waals surface area contributed by atoms with Gasteiger partial charge in [0.1, 0.15) is 0 Å². The van der Waals surface area contributed by atoms with Gasteiger partial charge in [0.15, 0.2) is 0 Å². The van der Waals surface area contributed by atoms with E-state index in [0.717, 1.165) is 34.8 Å². The lowest BCUT2D eigenvalue weighted by Gasteiger charge is -2.27. The third-order valence-corrected chi connectivity index (χ3v) is 5.41. The van der Waals surface area contributed by atoms with Crippen molar-refractivity contribution in [2.45, 2.75) is 37.0 Å². The maximum Gasteiger partial charge on any atom is 0.226 e. The van der Waals surface area contributed by atoms with E-state index < -0.39 is 0 Å². The minimum atomic E-state index is 0.236. The molecule has 0 saturated heterocycles. The summed E-state index contributed by atoms with van der Waals surface area (Å²) in [5, 5.41) is 0. The third kappa shape index (κ3) is 3.03. The molecule has 108 valence electrons. The Morgan fingerprint density at radius 3 is 2.60 bits per heavy atom. The van der Waals surface area contributed by atoms with Gasteiger partial charge in [-0.2, -0.15) is 0 Å². The monoisotopic (exact) mass is 289 g/mol. The zero-order valence-electron chi connectivity index (χ0n) is 12.1. The van der Waals surface area contributed by atoms with E-state index in [1.54, 1.807) is 0 Å². The number of likely N-dealkylation sites (N-methyl/N-ethyl adjacent to an activating group) is 1. The zero-order valence-corrected chi connectivity index (χ0v) is 13.0. The first-order valence-corrected chi connectivity index (χ1v) is 8.08. The molecule has 20 heavy (non-hydrogen) atoms. The van der Waals surface area contributed by atoms with Gasteiger partial charge >= 0.3 is 0 Å². The molecule has 2 fully saturated rings. The standard InChI is InChI=1S/C17H23NOS/c1-18(11-15-9-13-2-5-14(15)8-13)17(19)10-12-3-6-16(20)7-4-12/h3-4,6-7,13-15,20H,2,5,8-11H2,1H3. The van der Waals surface area contributed by atoms with E-state index >= 15 is 0 Å². The number of rotatable bonds is 4. The Hall–Kier alpha value is -0.960.